The van der Waals surface area contributed by atoms with E-state index in [-0.39, 0.29) is 23.5 Å². The highest BCUT2D eigenvalue weighted by atomic mass is 19.1. The molecule has 1 aliphatic carbocycles. The van der Waals surface area contributed by atoms with Gasteiger partial charge in [0.2, 0.25) is 0 Å². The first kappa shape index (κ1) is 15.8. The first-order chi connectivity index (χ1) is 12.6. The van der Waals surface area contributed by atoms with Gasteiger partial charge in [-0.2, -0.15) is 0 Å². The Hall–Kier alpha value is -2.40. The Bertz CT molecular complexity index is 858. The minimum absolute atomic E-state index is 0.0109. The first-order valence-corrected chi connectivity index (χ1v) is 9.23. The van der Waals surface area contributed by atoms with Gasteiger partial charge in [-0.3, -0.25) is 0 Å². The Labute approximate surface area is 152 Å². The zero-order valence-corrected chi connectivity index (χ0v) is 14.6. The van der Waals surface area contributed by atoms with Crippen LogP contribution in [0.4, 0.5) is 4.39 Å². The van der Waals surface area contributed by atoms with Crippen molar-refractivity contribution in [1.29, 1.82) is 0 Å². The van der Waals surface area contributed by atoms with Crippen molar-refractivity contribution in [1.82, 2.24) is 4.90 Å². The summed E-state index contributed by atoms with van der Waals surface area (Å²) in [4.78, 5) is 6.96. The molecule has 1 spiro atoms. The summed E-state index contributed by atoms with van der Waals surface area (Å²) in [7, 11) is 0. The third-order valence-corrected chi connectivity index (χ3v) is 5.79. The fourth-order valence-corrected chi connectivity index (χ4v) is 4.50. The number of halogens is 1. The van der Waals surface area contributed by atoms with Gasteiger partial charge in [0, 0.05) is 25.4 Å². The van der Waals surface area contributed by atoms with Gasteiger partial charge in [-0.25, -0.2) is 9.38 Å². The number of rotatable bonds is 1. The topological polar surface area (TPSA) is 50.8 Å². The van der Waals surface area contributed by atoms with Gasteiger partial charge >= 0.3 is 0 Å². The number of benzene rings is 2. The zero-order valence-electron chi connectivity index (χ0n) is 14.6. The summed E-state index contributed by atoms with van der Waals surface area (Å²) in [5.74, 6) is -0.221. The van der Waals surface area contributed by atoms with E-state index in [1.165, 1.54) is 23.3 Å². The fourth-order valence-electron chi connectivity index (χ4n) is 4.50. The van der Waals surface area contributed by atoms with Gasteiger partial charge in [0.15, 0.2) is 0 Å². The molecule has 3 aliphatic rings. The SMILES string of the molecule is NC1CC2(CN=C(N3CCc4ccccc4C3c3ccc(F)cc3)O2)C1. The number of aliphatic imine (C=N–C) groups is 1. The highest BCUT2D eigenvalue weighted by Gasteiger charge is 2.50. The van der Waals surface area contributed by atoms with Crippen molar-refractivity contribution in [3.63, 3.8) is 0 Å². The molecule has 26 heavy (non-hydrogen) atoms. The Morgan fingerprint density at radius 1 is 1.12 bits per heavy atom. The monoisotopic (exact) mass is 351 g/mol. The largest absolute Gasteiger partial charge is 0.456 e. The summed E-state index contributed by atoms with van der Waals surface area (Å²) < 4.78 is 19.8. The quantitative estimate of drug-likeness (QED) is 0.859. The van der Waals surface area contributed by atoms with Crippen molar-refractivity contribution in [3.8, 4) is 0 Å². The van der Waals surface area contributed by atoms with Crippen molar-refractivity contribution < 1.29 is 9.13 Å². The molecule has 1 saturated carbocycles. The third kappa shape index (κ3) is 2.50. The standard InChI is InChI=1S/C21H22FN3O/c22-16-7-5-15(6-8-16)19-18-4-2-1-3-14(18)9-10-25(19)20-24-13-21(26-20)11-17(23)12-21/h1-8,17,19H,9-13,23H2. The molecule has 2 aliphatic heterocycles. The average molecular weight is 351 g/mol. The molecule has 1 fully saturated rings. The molecule has 2 aromatic carbocycles. The minimum Gasteiger partial charge on any atom is -0.456 e. The zero-order chi connectivity index (χ0) is 17.7. The smallest absolute Gasteiger partial charge is 0.288 e. The molecule has 2 aromatic rings. The van der Waals surface area contributed by atoms with Gasteiger partial charge in [-0.15, -0.1) is 0 Å². The van der Waals surface area contributed by atoms with Crippen LogP contribution in [0.5, 0.6) is 0 Å². The highest BCUT2D eigenvalue weighted by Crippen LogP contribution is 2.42. The predicted molar refractivity (Wildman–Crippen MR) is 98.4 cm³/mol. The predicted octanol–water partition coefficient (Wildman–Crippen LogP) is 3.02. The van der Waals surface area contributed by atoms with E-state index in [0.717, 1.165) is 31.4 Å². The summed E-state index contributed by atoms with van der Waals surface area (Å²) >= 11 is 0. The number of amidine groups is 1. The lowest BCUT2D eigenvalue weighted by molar-refractivity contribution is -0.0196. The van der Waals surface area contributed by atoms with Crippen molar-refractivity contribution in [2.45, 2.75) is 36.9 Å². The van der Waals surface area contributed by atoms with E-state index in [1.54, 1.807) is 0 Å². The summed E-state index contributed by atoms with van der Waals surface area (Å²) in [6, 6.07) is 16.1. The summed E-state index contributed by atoms with van der Waals surface area (Å²) in [6.07, 6.45) is 2.68. The molecule has 0 amide bonds. The fraction of sp³-hybridized carbons (Fsp3) is 0.381. The Morgan fingerprint density at radius 2 is 1.88 bits per heavy atom. The summed E-state index contributed by atoms with van der Waals surface area (Å²) in [5, 5.41) is 0. The molecule has 1 unspecified atom stereocenters. The number of nitrogens with two attached hydrogens (primary N) is 1. The lowest BCUT2D eigenvalue weighted by atomic mass is 9.76. The number of hydrogen-bond acceptors (Lipinski definition) is 4. The van der Waals surface area contributed by atoms with Crippen molar-refractivity contribution in [2.24, 2.45) is 10.7 Å². The van der Waals surface area contributed by atoms with Gasteiger partial charge in [-0.05, 0) is 35.2 Å². The maximum absolute atomic E-state index is 13.5. The molecular weight excluding hydrogens is 329 g/mol. The molecular formula is C21H22FN3O. The van der Waals surface area contributed by atoms with Gasteiger partial charge in [0.05, 0.1) is 12.6 Å². The van der Waals surface area contributed by atoms with Crippen LogP contribution in [0, 0.1) is 5.82 Å². The van der Waals surface area contributed by atoms with Crippen LogP contribution in [0.2, 0.25) is 0 Å². The van der Waals surface area contributed by atoms with E-state index in [9.17, 15) is 4.39 Å². The third-order valence-electron chi connectivity index (χ3n) is 5.79. The van der Waals surface area contributed by atoms with E-state index >= 15 is 0 Å². The second kappa shape index (κ2) is 5.81. The number of fused-ring (bicyclic) bond motifs is 1. The molecule has 0 saturated heterocycles. The number of ether oxygens (including phenoxy) is 1. The second-order valence-electron chi connectivity index (χ2n) is 7.65. The van der Waals surface area contributed by atoms with Crippen molar-refractivity contribution >= 4 is 6.02 Å². The van der Waals surface area contributed by atoms with Crippen LogP contribution >= 0.6 is 0 Å². The maximum Gasteiger partial charge on any atom is 0.288 e. The molecule has 2 N–H and O–H groups in total. The van der Waals surface area contributed by atoms with Crippen LogP contribution in [0.15, 0.2) is 53.5 Å². The molecule has 0 aromatic heterocycles. The first-order valence-electron chi connectivity index (χ1n) is 9.23. The van der Waals surface area contributed by atoms with Crippen LogP contribution in [-0.4, -0.2) is 35.7 Å². The molecule has 2 heterocycles. The lowest BCUT2D eigenvalue weighted by Gasteiger charge is -2.44. The average Bonchev–Trinajstić information content (AvgIpc) is 3.06. The number of nitrogens with zero attached hydrogens (tertiary/aromatic N) is 2. The summed E-state index contributed by atoms with van der Waals surface area (Å²) in [6.45, 7) is 1.52. The summed E-state index contributed by atoms with van der Waals surface area (Å²) in [5.41, 5.74) is 9.40. The van der Waals surface area contributed by atoms with E-state index in [2.05, 4.69) is 29.2 Å². The van der Waals surface area contributed by atoms with Crippen molar-refractivity contribution in [2.75, 3.05) is 13.1 Å². The second-order valence-corrected chi connectivity index (χ2v) is 7.65. The van der Waals surface area contributed by atoms with E-state index in [1.807, 2.05) is 12.1 Å². The Kier molecular flexibility index (Phi) is 3.54. The van der Waals surface area contributed by atoms with Crippen LogP contribution in [0.1, 0.15) is 35.6 Å². The van der Waals surface area contributed by atoms with Crippen LogP contribution < -0.4 is 5.73 Å². The molecule has 0 bridgehead atoms. The van der Waals surface area contributed by atoms with Crippen LogP contribution in [0.25, 0.3) is 0 Å². The normalized spacial score (nSPS) is 29.8. The lowest BCUT2D eigenvalue weighted by Crippen LogP contribution is -2.55. The van der Waals surface area contributed by atoms with Gasteiger partial charge in [-0.1, -0.05) is 36.4 Å². The Morgan fingerprint density at radius 3 is 2.65 bits per heavy atom. The molecule has 134 valence electrons. The highest BCUT2D eigenvalue weighted by molar-refractivity contribution is 5.78. The van der Waals surface area contributed by atoms with Gasteiger partial charge in [0.25, 0.3) is 6.02 Å². The van der Waals surface area contributed by atoms with E-state index in [0.29, 0.717) is 12.6 Å². The van der Waals surface area contributed by atoms with E-state index < -0.39 is 0 Å². The molecule has 5 rings (SSSR count). The minimum atomic E-state index is -0.221. The maximum atomic E-state index is 13.5. The van der Waals surface area contributed by atoms with E-state index in [4.69, 9.17) is 15.5 Å². The van der Waals surface area contributed by atoms with Gasteiger partial charge < -0.3 is 15.4 Å². The van der Waals surface area contributed by atoms with Crippen molar-refractivity contribution in [3.05, 3.63) is 71.0 Å². The number of hydrogen-bond donors (Lipinski definition) is 1. The van der Waals surface area contributed by atoms with Crippen LogP contribution in [-0.2, 0) is 11.2 Å². The molecule has 5 heteroatoms. The molecule has 4 nitrogen and oxygen atoms in total. The molecule has 0 radical (unpaired) electrons. The van der Waals surface area contributed by atoms with Gasteiger partial charge in [0.1, 0.15) is 11.4 Å². The Balaban J connectivity index is 1.51. The molecule has 1 atom stereocenters. The van der Waals surface area contributed by atoms with Crippen LogP contribution in [0.3, 0.4) is 0 Å².